The third kappa shape index (κ3) is 21.2. The summed E-state index contributed by atoms with van der Waals surface area (Å²) in [6.45, 7) is 20.2. The van der Waals surface area contributed by atoms with Crippen molar-refractivity contribution in [2.24, 2.45) is 0 Å². The molecule has 6 nitrogen and oxygen atoms in total. The van der Waals surface area contributed by atoms with Crippen molar-refractivity contribution >= 4 is 0 Å². The number of allylic oxidation sites excluding steroid dienone is 23. The van der Waals surface area contributed by atoms with Crippen LogP contribution in [0.25, 0.3) is 0 Å². The van der Waals surface area contributed by atoms with Crippen molar-refractivity contribution in [2.75, 3.05) is 6.61 Å². The molecule has 0 saturated carbocycles. The molecule has 1 aliphatic heterocycles. The molecule has 288 valence electrons. The molecule has 1 fully saturated rings. The van der Waals surface area contributed by atoms with Gasteiger partial charge in [0.1, 0.15) is 24.4 Å². The number of ether oxygens (including phenoxy) is 2. The van der Waals surface area contributed by atoms with Gasteiger partial charge in [-0.05, 0) is 101 Å². The SMILES string of the molecule is CC(C)=CCCC(C)=CCCC(C)=CC=CC(C)=CC=CC=C(C)C=CC=C(C)C=CC=C(C)C=CCC(C)(C)OC1OC(CO)C(O)C(O)C1O. The van der Waals surface area contributed by atoms with Gasteiger partial charge >= 0.3 is 0 Å². The first-order chi connectivity index (χ1) is 24.5. The van der Waals surface area contributed by atoms with E-state index in [0.717, 1.165) is 42.4 Å². The highest BCUT2D eigenvalue weighted by Crippen LogP contribution is 2.27. The van der Waals surface area contributed by atoms with E-state index in [-0.39, 0.29) is 0 Å². The largest absolute Gasteiger partial charge is 0.394 e. The Kier molecular flexibility index (Phi) is 23.0. The van der Waals surface area contributed by atoms with Gasteiger partial charge in [-0.25, -0.2) is 0 Å². The van der Waals surface area contributed by atoms with Crippen LogP contribution >= 0.6 is 0 Å². The van der Waals surface area contributed by atoms with Gasteiger partial charge in [0.15, 0.2) is 6.29 Å². The zero-order valence-electron chi connectivity index (χ0n) is 33.5. The summed E-state index contributed by atoms with van der Waals surface area (Å²) in [7, 11) is 0. The summed E-state index contributed by atoms with van der Waals surface area (Å²) < 4.78 is 11.4. The van der Waals surface area contributed by atoms with Crippen molar-refractivity contribution in [1.82, 2.24) is 0 Å². The molecule has 5 atom stereocenters. The van der Waals surface area contributed by atoms with E-state index >= 15 is 0 Å². The third-order valence-electron chi connectivity index (χ3n) is 8.40. The summed E-state index contributed by atoms with van der Waals surface area (Å²) in [6.07, 6.45) is 34.3. The highest BCUT2D eigenvalue weighted by atomic mass is 16.7. The molecule has 1 saturated heterocycles. The average molecular weight is 717 g/mol. The standard InChI is InChI=1S/C46H68O6/c1-34(2)19-13-22-37(5)25-16-28-38(6)26-14-23-35(3)20-11-12-21-36(4)24-15-27-39(7)29-17-30-40(8)31-18-32-46(9,10)52-45-44(50)43(49)42(48)41(33-47)51-45/h11-12,14-15,17-21,23-27,29-31,41-45,47-50H,13,16,22,28,32-33H2,1-10H3. The Morgan fingerprint density at radius 1 is 0.596 bits per heavy atom. The van der Waals surface area contributed by atoms with Crippen LogP contribution in [0.5, 0.6) is 0 Å². The summed E-state index contributed by atoms with van der Waals surface area (Å²) in [5, 5.41) is 39.7. The molecule has 0 aliphatic carbocycles. The smallest absolute Gasteiger partial charge is 0.187 e. The van der Waals surface area contributed by atoms with Gasteiger partial charge in [-0.3, -0.25) is 0 Å². The number of aliphatic hydroxyl groups is 4. The third-order valence-corrected chi connectivity index (χ3v) is 8.40. The van der Waals surface area contributed by atoms with Crippen molar-refractivity contribution in [3.63, 3.8) is 0 Å². The second-order valence-electron chi connectivity index (χ2n) is 14.7. The zero-order valence-corrected chi connectivity index (χ0v) is 33.5. The summed E-state index contributed by atoms with van der Waals surface area (Å²) in [4.78, 5) is 0. The van der Waals surface area contributed by atoms with Crippen molar-refractivity contribution in [2.45, 2.75) is 138 Å². The fourth-order valence-corrected chi connectivity index (χ4v) is 5.08. The van der Waals surface area contributed by atoms with E-state index in [2.05, 4.69) is 121 Å². The van der Waals surface area contributed by atoms with Crippen LogP contribution < -0.4 is 0 Å². The normalized spacial score (nSPS) is 23.8. The first kappa shape index (κ1) is 46.7. The van der Waals surface area contributed by atoms with Crippen LogP contribution in [-0.2, 0) is 9.47 Å². The van der Waals surface area contributed by atoms with E-state index in [1.165, 1.54) is 22.3 Å². The molecule has 1 rings (SSSR count). The monoisotopic (exact) mass is 717 g/mol. The molecular formula is C46H68O6. The van der Waals surface area contributed by atoms with Gasteiger partial charge in [0, 0.05) is 0 Å². The Hall–Kier alpha value is -3.36. The van der Waals surface area contributed by atoms with Gasteiger partial charge in [-0.1, -0.05) is 142 Å². The summed E-state index contributed by atoms with van der Waals surface area (Å²) in [6, 6.07) is 0. The molecule has 0 amide bonds. The maximum absolute atomic E-state index is 10.3. The van der Waals surface area contributed by atoms with Gasteiger partial charge < -0.3 is 29.9 Å². The predicted octanol–water partition coefficient (Wildman–Crippen LogP) is 9.96. The Bertz CT molecular complexity index is 1450. The van der Waals surface area contributed by atoms with E-state index < -0.39 is 42.9 Å². The van der Waals surface area contributed by atoms with Gasteiger partial charge in [0.2, 0.25) is 0 Å². The Labute approximate surface area is 315 Å². The van der Waals surface area contributed by atoms with Crippen molar-refractivity contribution in [1.29, 1.82) is 0 Å². The van der Waals surface area contributed by atoms with Crippen LogP contribution in [0.15, 0.2) is 142 Å². The molecule has 0 radical (unpaired) electrons. The van der Waals surface area contributed by atoms with Crippen LogP contribution in [-0.4, -0.2) is 63.3 Å². The first-order valence-electron chi connectivity index (χ1n) is 18.5. The molecule has 52 heavy (non-hydrogen) atoms. The fraction of sp³-hybridized carbons (Fsp3) is 0.478. The fourth-order valence-electron chi connectivity index (χ4n) is 5.08. The van der Waals surface area contributed by atoms with E-state index in [9.17, 15) is 20.4 Å². The molecule has 0 aromatic heterocycles. The Morgan fingerprint density at radius 3 is 1.62 bits per heavy atom. The number of rotatable bonds is 20. The Balaban J connectivity index is 2.53. The summed E-state index contributed by atoms with van der Waals surface area (Å²) >= 11 is 0. The second-order valence-corrected chi connectivity index (χ2v) is 14.7. The van der Waals surface area contributed by atoms with Gasteiger partial charge in [0.05, 0.1) is 12.2 Å². The molecule has 0 aromatic rings. The van der Waals surface area contributed by atoms with Crippen molar-refractivity contribution < 1.29 is 29.9 Å². The van der Waals surface area contributed by atoms with E-state index in [1.54, 1.807) is 0 Å². The lowest BCUT2D eigenvalue weighted by molar-refractivity contribution is -0.322. The van der Waals surface area contributed by atoms with Gasteiger partial charge in [-0.2, -0.15) is 0 Å². The highest BCUT2D eigenvalue weighted by Gasteiger charge is 2.45. The van der Waals surface area contributed by atoms with Crippen LogP contribution in [0.1, 0.15) is 101 Å². The highest BCUT2D eigenvalue weighted by molar-refractivity contribution is 5.32. The molecule has 6 heteroatoms. The lowest BCUT2D eigenvalue weighted by Crippen LogP contribution is -2.60. The molecule has 1 aliphatic rings. The Morgan fingerprint density at radius 2 is 1.08 bits per heavy atom. The molecular weight excluding hydrogens is 649 g/mol. The zero-order chi connectivity index (χ0) is 39.1. The average Bonchev–Trinajstić information content (AvgIpc) is 3.06. The van der Waals surface area contributed by atoms with Crippen molar-refractivity contribution in [3.8, 4) is 0 Å². The van der Waals surface area contributed by atoms with Crippen molar-refractivity contribution in [3.05, 3.63) is 142 Å². The number of hydrogen-bond acceptors (Lipinski definition) is 6. The quantitative estimate of drug-likeness (QED) is 0.0740. The minimum Gasteiger partial charge on any atom is -0.394 e. The molecule has 5 unspecified atom stereocenters. The molecule has 0 bridgehead atoms. The number of hydrogen-bond donors (Lipinski definition) is 4. The molecule has 0 aromatic carbocycles. The van der Waals surface area contributed by atoms with Gasteiger partial charge in [-0.15, -0.1) is 0 Å². The maximum Gasteiger partial charge on any atom is 0.187 e. The van der Waals surface area contributed by atoms with Crippen LogP contribution in [0.4, 0.5) is 0 Å². The molecule has 1 heterocycles. The topological polar surface area (TPSA) is 99.4 Å². The van der Waals surface area contributed by atoms with Crippen LogP contribution in [0.2, 0.25) is 0 Å². The first-order valence-corrected chi connectivity index (χ1v) is 18.5. The van der Waals surface area contributed by atoms with E-state index in [4.69, 9.17) is 9.47 Å². The molecule has 4 N–H and O–H groups in total. The molecule has 0 spiro atoms. The number of aliphatic hydroxyl groups excluding tert-OH is 4. The predicted molar refractivity (Wildman–Crippen MR) is 220 cm³/mol. The van der Waals surface area contributed by atoms with E-state index in [1.807, 2.05) is 51.2 Å². The summed E-state index contributed by atoms with van der Waals surface area (Å²) in [5.41, 5.74) is 8.07. The van der Waals surface area contributed by atoms with E-state index in [0.29, 0.717) is 6.42 Å². The van der Waals surface area contributed by atoms with Crippen LogP contribution in [0.3, 0.4) is 0 Å². The minimum absolute atomic E-state index is 0.492. The maximum atomic E-state index is 10.3. The summed E-state index contributed by atoms with van der Waals surface area (Å²) in [5.74, 6) is 0. The lowest BCUT2D eigenvalue weighted by Gasteiger charge is -2.42. The lowest BCUT2D eigenvalue weighted by atomic mass is 9.98. The van der Waals surface area contributed by atoms with Gasteiger partial charge in [0.25, 0.3) is 0 Å². The minimum atomic E-state index is -1.46. The van der Waals surface area contributed by atoms with Crippen LogP contribution in [0, 0.1) is 0 Å². The second kappa shape index (κ2) is 25.6.